The summed E-state index contributed by atoms with van der Waals surface area (Å²) in [5.41, 5.74) is -1.13. The van der Waals surface area contributed by atoms with E-state index in [1.165, 1.54) is 17.0 Å². The number of nitrogens with zero attached hydrogens (tertiary/aromatic N) is 3. The van der Waals surface area contributed by atoms with Crippen LogP contribution in [0.3, 0.4) is 0 Å². The zero-order valence-electron chi connectivity index (χ0n) is 17.9. The molecule has 11 heteroatoms. The monoisotopic (exact) mass is 488 g/mol. The van der Waals surface area contributed by atoms with Crippen molar-refractivity contribution in [2.24, 2.45) is 0 Å². The Labute approximate surface area is 197 Å². The first-order chi connectivity index (χ1) is 16.1. The molecule has 8 nitrogen and oxygen atoms in total. The fourth-order valence-corrected chi connectivity index (χ4v) is 3.95. The highest BCUT2D eigenvalue weighted by atomic mass is 35.5. The largest absolute Gasteiger partial charge is 0.391 e. The van der Waals surface area contributed by atoms with Gasteiger partial charge in [0.05, 0.1) is 29.5 Å². The predicted molar refractivity (Wildman–Crippen MR) is 122 cm³/mol. The van der Waals surface area contributed by atoms with Crippen LogP contribution in [0.1, 0.15) is 30.1 Å². The van der Waals surface area contributed by atoms with E-state index in [0.29, 0.717) is 18.2 Å². The third-order valence-corrected chi connectivity index (χ3v) is 5.69. The topological polar surface area (TPSA) is 105 Å². The molecule has 0 unspecified atom stereocenters. The van der Waals surface area contributed by atoms with E-state index in [2.05, 4.69) is 16.9 Å². The lowest BCUT2D eigenvalue weighted by atomic mass is 10.1. The van der Waals surface area contributed by atoms with E-state index < -0.39 is 29.1 Å². The minimum Gasteiger partial charge on any atom is -0.391 e. The molecular weight excluding hydrogens is 470 g/mol. The molecule has 1 aliphatic rings. The van der Waals surface area contributed by atoms with E-state index in [9.17, 15) is 28.3 Å². The van der Waals surface area contributed by atoms with Gasteiger partial charge in [0.1, 0.15) is 22.9 Å². The summed E-state index contributed by atoms with van der Waals surface area (Å²) in [5.74, 6) is -3.02. The molecule has 0 spiro atoms. The van der Waals surface area contributed by atoms with Gasteiger partial charge in [0.25, 0.3) is 5.91 Å². The third kappa shape index (κ3) is 4.17. The zero-order chi connectivity index (χ0) is 24.7. The number of amides is 2. The first-order valence-corrected chi connectivity index (χ1v) is 10.7. The lowest BCUT2D eigenvalue weighted by Crippen LogP contribution is -2.30. The summed E-state index contributed by atoms with van der Waals surface area (Å²) in [5, 5.41) is 11.9. The number of aliphatic hydroxyl groups is 1. The van der Waals surface area contributed by atoms with Crippen LogP contribution >= 0.6 is 11.6 Å². The second kappa shape index (κ2) is 8.96. The van der Waals surface area contributed by atoms with E-state index >= 15 is 0 Å². The number of aliphatic hydroxyl groups excluding tert-OH is 1. The van der Waals surface area contributed by atoms with Crippen LogP contribution in [-0.4, -0.2) is 39.1 Å². The third-order valence-electron chi connectivity index (χ3n) is 5.40. The van der Waals surface area contributed by atoms with Crippen molar-refractivity contribution < 1.29 is 23.5 Å². The Balaban J connectivity index is 2.01. The fourth-order valence-electron chi connectivity index (χ4n) is 3.67. The van der Waals surface area contributed by atoms with Crippen LogP contribution in [0.15, 0.2) is 47.5 Å². The van der Waals surface area contributed by atoms with Gasteiger partial charge in [0, 0.05) is 18.0 Å². The van der Waals surface area contributed by atoms with Crippen LogP contribution in [-0.2, 0) is 4.79 Å². The van der Waals surface area contributed by atoms with Crippen LogP contribution in [0.2, 0.25) is 5.02 Å². The lowest BCUT2D eigenvalue weighted by molar-refractivity contribution is -0.117. The molecule has 34 heavy (non-hydrogen) atoms. The number of halogens is 3. The number of carbonyl (C=O) groups is 2. The van der Waals surface area contributed by atoms with Crippen LogP contribution in [0, 0.1) is 11.6 Å². The van der Waals surface area contributed by atoms with Crippen molar-refractivity contribution in [3.8, 4) is 5.69 Å². The second-order valence-electron chi connectivity index (χ2n) is 7.77. The number of anilines is 1. The molecule has 2 amide bonds. The molecule has 1 aromatic carbocycles. The molecule has 3 heterocycles. The van der Waals surface area contributed by atoms with E-state index in [1.807, 2.05) is 0 Å². The maximum Gasteiger partial charge on any atom is 0.260 e. The van der Waals surface area contributed by atoms with Gasteiger partial charge >= 0.3 is 0 Å². The van der Waals surface area contributed by atoms with Gasteiger partial charge in [-0.15, -0.1) is 0 Å². The molecular formula is C23H19ClF2N4O4. The zero-order valence-corrected chi connectivity index (χ0v) is 18.7. The number of fused-ring (bicyclic) bond motifs is 1. The van der Waals surface area contributed by atoms with Crippen molar-refractivity contribution in [3.05, 3.63) is 75.2 Å². The normalized spacial score (nSPS) is 15.7. The number of β-amino-alcohol motifs (C(OH)–C–C–N with tert-alkyl or cyclic N) is 1. The molecule has 0 radical (unpaired) electrons. The summed E-state index contributed by atoms with van der Waals surface area (Å²) in [7, 11) is 0. The van der Waals surface area contributed by atoms with E-state index in [-0.39, 0.29) is 52.0 Å². The minimum absolute atomic E-state index is 0.00709. The van der Waals surface area contributed by atoms with Gasteiger partial charge < -0.3 is 10.4 Å². The summed E-state index contributed by atoms with van der Waals surface area (Å²) in [6.45, 7) is 5.44. The molecule has 0 saturated carbocycles. The molecule has 0 bridgehead atoms. The number of rotatable bonds is 5. The van der Waals surface area contributed by atoms with Gasteiger partial charge in [-0.25, -0.2) is 13.8 Å². The summed E-state index contributed by atoms with van der Waals surface area (Å²) >= 11 is 6.14. The van der Waals surface area contributed by atoms with E-state index in [1.54, 1.807) is 6.92 Å². The Morgan fingerprint density at radius 1 is 1.32 bits per heavy atom. The SMILES string of the molecule is C=C(CC)NC(=O)c1cn(-c2c(F)cc(F)cc2Cl)c2nc(N3C[C@@H](O)CC3=O)ccc2c1=O. The van der Waals surface area contributed by atoms with E-state index in [0.717, 1.165) is 16.8 Å². The average Bonchev–Trinajstić information content (AvgIpc) is 3.11. The van der Waals surface area contributed by atoms with Gasteiger partial charge in [-0.3, -0.25) is 23.9 Å². The van der Waals surface area contributed by atoms with Crippen LogP contribution in [0.25, 0.3) is 16.7 Å². The molecule has 2 aromatic heterocycles. The van der Waals surface area contributed by atoms with Crippen LogP contribution in [0.4, 0.5) is 14.6 Å². The molecule has 3 aromatic rings. The van der Waals surface area contributed by atoms with E-state index in [4.69, 9.17) is 11.6 Å². The Hall–Kier alpha value is -3.63. The van der Waals surface area contributed by atoms with Crippen molar-refractivity contribution in [2.45, 2.75) is 25.9 Å². The number of benzene rings is 1. The lowest BCUT2D eigenvalue weighted by Gasteiger charge is -2.19. The van der Waals surface area contributed by atoms with Gasteiger partial charge in [0.15, 0.2) is 11.5 Å². The first-order valence-electron chi connectivity index (χ1n) is 10.3. The predicted octanol–water partition coefficient (Wildman–Crippen LogP) is 3.07. The quantitative estimate of drug-likeness (QED) is 0.574. The summed E-state index contributed by atoms with van der Waals surface area (Å²) < 4.78 is 29.6. The van der Waals surface area contributed by atoms with Gasteiger partial charge in [-0.05, 0) is 24.6 Å². The van der Waals surface area contributed by atoms with Crippen molar-refractivity contribution in [1.82, 2.24) is 14.9 Å². The number of hydrogen-bond acceptors (Lipinski definition) is 5. The molecule has 1 saturated heterocycles. The average molecular weight is 489 g/mol. The maximum absolute atomic E-state index is 14.9. The number of allylic oxidation sites excluding steroid dienone is 1. The molecule has 4 rings (SSSR count). The van der Waals surface area contributed by atoms with Crippen molar-refractivity contribution in [1.29, 1.82) is 0 Å². The summed E-state index contributed by atoms with van der Waals surface area (Å²) in [6, 6.07) is 4.22. The number of nitrogens with one attached hydrogen (secondary N) is 1. The molecule has 1 atom stereocenters. The van der Waals surface area contributed by atoms with Crippen LogP contribution < -0.4 is 15.6 Å². The maximum atomic E-state index is 14.9. The van der Waals surface area contributed by atoms with Gasteiger partial charge in [-0.1, -0.05) is 25.1 Å². The van der Waals surface area contributed by atoms with Crippen LogP contribution in [0.5, 0.6) is 0 Å². The number of carbonyl (C=O) groups excluding carboxylic acids is 2. The van der Waals surface area contributed by atoms with Gasteiger partial charge in [-0.2, -0.15) is 0 Å². The summed E-state index contributed by atoms with van der Waals surface area (Å²) in [4.78, 5) is 43.7. The highest BCUT2D eigenvalue weighted by molar-refractivity contribution is 6.32. The second-order valence-corrected chi connectivity index (χ2v) is 8.18. The Kier molecular flexibility index (Phi) is 6.20. The number of pyridine rings is 2. The Morgan fingerprint density at radius 2 is 2.06 bits per heavy atom. The number of hydrogen-bond donors (Lipinski definition) is 2. The highest BCUT2D eigenvalue weighted by Crippen LogP contribution is 2.29. The van der Waals surface area contributed by atoms with Crippen molar-refractivity contribution >= 4 is 40.3 Å². The fraction of sp³-hybridized carbons (Fsp3) is 0.217. The summed E-state index contributed by atoms with van der Waals surface area (Å²) in [6.07, 6.45) is 0.509. The molecule has 2 N–H and O–H groups in total. The standard InChI is InChI=1S/C23H19ClF2N4O4/c1-3-11(2)27-23(34)15-10-30(20-16(24)6-12(25)7-17(20)26)22-14(21(15)33)4-5-18(28-22)29-9-13(31)8-19(29)32/h4-7,10,13,31H,2-3,8-9H2,1H3,(H,27,34)/t13-/m0/s1. The number of aromatic nitrogens is 2. The minimum atomic E-state index is -1.06. The molecule has 1 fully saturated rings. The molecule has 0 aliphatic carbocycles. The highest BCUT2D eigenvalue weighted by Gasteiger charge is 2.31. The van der Waals surface area contributed by atoms with Gasteiger partial charge in [0.2, 0.25) is 11.3 Å². The van der Waals surface area contributed by atoms with Crippen molar-refractivity contribution in [2.75, 3.05) is 11.4 Å². The first kappa shape index (κ1) is 23.5. The van der Waals surface area contributed by atoms with Crippen molar-refractivity contribution in [3.63, 3.8) is 0 Å². The Morgan fingerprint density at radius 3 is 2.68 bits per heavy atom. The smallest absolute Gasteiger partial charge is 0.260 e. The molecule has 1 aliphatic heterocycles. The molecule has 176 valence electrons. The Bertz CT molecular complexity index is 1400.